The van der Waals surface area contributed by atoms with Gasteiger partial charge in [0.05, 0.1) is 31.1 Å². The summed E-state index contributed by atoms with van der Waals surface area (Å²) in [6.07, 6.45) is -0.563. The van der Waals surface area contributed by atoms with Crippen LogP contribution in [0.4, 0.5) is 10.5 Å². The Morgan fingerprint density at radius 1 is 1.02 bits per heavy atom. The van der Waals surface area contributed by atoms with Gasteiger partial charge in [0.15, 0.2) is 0 Å². The third-order valence-corrected chi connectivity index (χ3v) is 8.58. The molecule has 2 aromatic carbocycles. The lowest BCUT2D eigenvalue weighted by molar-refractivity contribution is 0.0508. The molecular weight excluding hydrogens is 601 g/mol. The van der Waals surface area contributed by atoms with Gasteiger partial charge in [0, 0.05) is 11.1 Å². The van der Waals surface area contributed by atoms with Crippen LogP contribution in [0.15, 0.2) is 71.4 Å². The van der Waals surface area contributed by atoms with E-state index in [1.165, 1.54) is 11.3 Å². The summed E-state index contributed by atoms with van der Waals surface area (Å²) >= 11 is 1.44. The molecule has 0 aliphatic carbocycles. The maximum Gasteiger partial charge on any atom is 0.407 e. The molecule has 5 rings (SSSR count). The molecule has 44 heavy (non-hydrogen) atoms. The average molecular weight is 635 g/mol. The van der Waals surface area contributed by atoms with Crippen LogP contribution in [0.3, 0.4) is 0 Å². The zero-order valence-electron chi connectivity index (χ0n) is 24.9. The molecule has 0 radical (unpaired) electrons. The summed E-state index contributed by atoms with van der Waals surface area (Å²) in [4.78, 5) is 30.1. The molecule has 0 unspecified atom stereocenters. The quantitative estimate of drug-likeness (QED) is 0.169. The van der Waals surface area contributed by atoms with Crippen LogP contribution >= 0.6 is 11.3 Å². The number of nitrogens with one attached hydrogen (secondary N) is 2. The van der Waals surface area contributed by atoms with Gasteiger partial charge in [-0.2, -0.15) is 11.3 Å². The Labute approximate surface area is 260 Å². The molecule has 2 N–H and O–H groups in total. The van der Waals surface area contributed by atoms with Crippen LogP contribution in [0.2, 0.25) is 0 Å². The van der Waals surface area contributed by atoms with Crippen molar-refractivity contribution in [2.24, 2.45) is 0 Å². The van der Waals surface area contributed by atoms with Gasteiger partial charge >= 0.3 is 12.1 Å². The summed E-state index contributed by atoms with van der Waals surface area (Å²) in [6, 6.07) is 18.3. The Hall–Kier alpha value is -4.42. The van der Waals surface area contributed by atoms with Crippen LogP contribution in [0.5, 0.6) is 0 Å². The largest absolute Gasteiger partial charge is 0.461 e. The van der Waals surface area contributed by atoms with Crippen molar-refractivity contribution < 1.29 is 27.5 Å². The number of thiophene rings is 1. The first kappa shape index (κ1) is 31.0. The monoisotopic (exact) mass is 634 g/mol. The highest BCUT2D eigenvalue weighted by atomic mass is 32.2. The van der Waals surface area contributed by atoms with Gasteiger partial charge in [0.1, 0.15) is 16.9 Å². The molecule has 0 saturated heterocycles. The minimum absolute atomic E-state index is 0.120. The zero-order valence-corrected chi connectivity index (χ0v) is 26.6. The number of amides is 1. The second kappa shape index (κ2) is 12.7. The second-order valence-corrected chi connectivity index (χ2v) is 13.8. The maximum atomic E-state index is 13.1. The topological polar surface area (TPSA) is 129 Å². The number of carbonyl (C=O) groups excluding carboxylic acids is 2. The van der Waals surface area contributed by atoms with E-state index in [0.717, 1.165) is 16.3 Å². The van der Waals surface area contributed by atoms with Crippen LogP contribution in [-0.4, -0.2) is 42.2 Å². The Bertz CT molecular complexity index is 1930. The number of fused-ring (bicyclic) bond motifs is 2. The highest BCUT2D eigenvalue weighted by molar-refractivity contribution is 7.91. The van der Waals surface area contributed by atoms with Crippen LogP contribution in [0.25, 0.3) is 21.8 Å². The van der Waals surface area contributed by atoms with Crippen molar-refractivity contribution in [1.82, 2.24) is 14.9 Å². The fraction of sp³-hybridized carbons (Fsp3) is 0.281. The van der Waals surface area contributed by atoms with E-state index in [1.807, 2.05) is 41.1 Å². The van der Waals surface area contributed by atoms with E-state index in [2.05, 4.69) is 10.0 Å². The third kappa shape index (κ3) is 7.56. The summed E-state index contributed by atoms with van der Waals surface area (Å²) in [5.41, 5.74) is 2.66. The number of hydrogen-bond donors (Lipinski definition) is 2. The molecule has 0 bridgehead atoms. The van der Waals surface area contributed by atoms with Gasteiger partial charge in [-0.25, -0.2) is 23.0 Å². The van der Waals surface area contributed by atoms with Gasteiger partial charge in [-0.3, -0.25) is 4.72 Å². The normalized spacial score (nSPS) is 11.9. The highest BCUT2D eigenvalue weighted by Crippen LogP contribution is 2.29. The smallest absolute Gasteiger partial charge is 0.407 e. The minimum atomic E-state index is -3.68. The third-order valence-electron chi connectivity index (χ3n) is 6.59. The maximum absolute atomic E-state index is 13.1. The standard InChI is InChI=1S/C32H34N4O6S2/c1-5-41-30(37)28-16-23-10-11-25(17-33-31(38)42-32(2,3)4)34-29(23)36(28)18-24-15-26(14-22-8-6-7-9-27(22)24)35-44(39,40)20-21-12-13-43-19-21/h6-16,19,35H,5,17-18,20H2,1-4H3,(H,33,38). The molecule has 12 heteroatoms. The van der Waals surface area contributed by atoms with Gasteiger partial charge in [-0.15, -0.1) is 0 Å². The fourth-order valence-corrected chi connectivity index (χ4v) is 6.78. The van der Waals surface area contributed by atoms with Crippen molar-refractivity contribution in [3.8, 4) is 0 Å². The van der Waals surface area contributed by atoms with Crippen LogP contribution in [0, 0.1) is 0 Å². The van der Waals surface area contributed by atoms with Crippen LogP contribution in [-0.2, 0) is 38.3 Å². The fourth-order valence-electron chi connectivity index (χ4n) is 4.84. The number of alkyl carbamates (subject to hydrolysis) is 1. The predicted octanol–water partition coefficient (Wildman–Crippen LogP) is 6.44. The van der Waals surface area contributed by atoms with E-state index in [1.54, 1.807) is 62.6 Å². The number of anilines is 1. The number of pyridine rings is 1. The summed E-state index contributed by atoms with van der Waals surface area (Å²) in [6.45, 7) is 7.62. The summed E-state index contributed by atoms with van der Waals surface area (Å²) < 4.78 is 41.2. The summed E-state index contributed by atoms with van der Waals surface area (Å²) in [5, 5.41) is 8.82. The highest BCUT2D eigenvalue weighted by Gasteiger charge is 2.21. The number of sulfonamides is 1. The number of carbonyl (C=O) groups is 2. The molecule has 5 aromatic rings. The Balaban J connectivity index is 1.53. The van der Waals surface area contributed by atoms with E-state index in [-0.39, 0.29) is 25.4 Å². The van der Waals surface area contributed by atoms with Crippen molar-refractivity contribution in [3.05, 3.63) is 93.9 Å². The van der Waals surface area contributed by atoms with E-state index < -0.39 is 27.7 Å². The van der Waals surface area contributed by atoms with E-state index in [9.17, 15) is 18.0 Å². The molecule has 1 amide bonds. The van der Waals surface area contributed by atoms with Gasteiger partial charge in [0.25, 0.3) is 0 Å². The Morgan fingerprint density at radius 2 is 1.82 bits per heavy atom. The minimum Gasteiger partial charge on any atom is -0.461 e. The van der Waals surface area contributed by atoms with E-state index in [4.69, 9.17) is 14.5 Å². The lowest BCUT2D eigenvalue weighted by Crippen LogP contribution is -2.32. The molecule has 0 spiro atoms. The lowest BCUT2D eigenvalue weighted by Gasteiger charge is -2.19. The number of rotatable bonds is 10. The molecule has 0 saturated carbocycles. The number of aromatic nitrogens is 2. The van der Waals surface area contributed by atoms with Gasteiger partial charge in [0.2, 0.25) is 10.0 Å². The number of esters is 1. The van der Waals surface area contributed by atoms with Crippen molar-refractivity contribution in [3.63, 3.8) is 0 Å². The molecule has 0 aliphatic heterocycles. The van der Waals surface area contributed by atoms with Gasteiger partial charge in [-0.1, -0.05) is 24.3 Å². The molecule has 3 heterocycles. The molecule has 0 fully saturated rings. The lowest BCUT2D eigenvalue weighted by atomic mass is 10.0. The Kier molecular flexibility index (Phi) is 8.93. The van der Waals surface area contributed by atoms with Crippen molar-refractivity contribution in [1.29, 1.82) is 0 Å². The van der Waals surface area contributed by atoms with Gasteiger partial charge < -0.3 is 19.4 Å². The van der Waals surface area contributed by atoms with E-state index in [0.29, 0.717) is 33.7 Å². The van der Waals surface area contributed by atoms with Crippen molar-refractivity contribution >= 4 is 60.9 Å². The first-order valence-corrected chi connectivity index (χ1v) is 16.7. The average Bonchev–Trinajstić information content (AvgIpc) is 3.58. The van der Waals surface area contributed by atoms with Crippen LogP contribution < -0.4 is 10.0 Å². The van der Waals surface area contributed by atoms with Crippen molar-refractivity contribution in [2.75, 3.05) is 11.3 Å². The summed E-state index contributed by atoms with van der Waals surface area (Å²) in [5.74, 6) is -0.645. The number of benzene rings is 2. The first-order valence-electron chi connectivity index (χ1n) is 14.1. The summed E-state index contributed by atoms with van der Waals surface area (Å²) in [7, 11) is -3.68. The first-order chi connectivity index (χ1) is 20.9. The van der Waals surface area contributed by atoms with Gasteiger partial charge in [-0.05, 0) is 96.8 Å². The molecule has 10 nitrogen and oxygen atoms in total. The molecule has 3 aromatic heterocycles. The number of ether oxygens (including phenoxy) is 2. The second-order valence-electron chi connectivity index (χ2n) is 11.3. The SMILES string of the molecule is CCOC(=O)c1cc2ccc(CNC(=O)OC(C)(C)C)nc2n1Cc1cc(NS(=O)(=O)Cc2ccsc2)cc2ccccc12. The van der Waals surface area contributed by atoms with E-state index >= 15 is 0 Å². The Morgan fingerprint density at radius 3 is 2.55 bits per heavy atom. The van der Waals surface area contributed by atoms with Crippen LogP contribution in [0.1, 0.15) is 55.0 Å². The molecule has 0 atom stereocenters. The number of nitrogens with zero attached hydrogens (tertiary/aromatic N) is 2. The molecule has 230 valence electrons. The predicted molar refractivity (Wildman–Crippen MR) is 172 cm³/mol. The molecule has 0 aliphatic rings. The molecular formula is C32H34N4O6S2. The van der Waals surface area contributed by atoms with Crippen molar-refractivity contribution in [2.45, 2.75) is 52.1 Å². The zero-order chi connectivity index (χ0) is 31.5. The number of hydrogen-bond acceptors (Lipinski definition) is 8.